The van der Waals surface area contributed by atoms with Crippen LogP contribution >= 0.6 is 0 Å². The molecular weight excluding hydrogens is 296 g/mol. The molecule has 2 rings (SSSR count). The van der Waals surface area contributed by atoms with Crippen LogP contribution in [0, 0.1) is 5.92 Å². The van der Waals surface area contributed by atoms with E-state index in [0.717, 1.165) is 24.9 Å². The summed E-state index contributed by atoms with van der Waals surface area (Å²) in [5.41, 5.74) is 1.02. The number of rotatable bonds is 9. The summed E-state index contributed by atoms with van der Waals surface area (Å²) in [5, 5.41) is 14.4. The molecule has 2 unspecified atom stereocenters. The largest absolute Gasteiger partial charge is 0.387 e. The molecule has 2 atom stereocenters. The second-order valence-corrected chi connectivity index (χ2v) is 7.66. The Kier molecular flexibility index (Phi) is 8.79. The maximum atomic E-state index is 10.7. The molecule has 1 fully saturated rings. The molecule has 0 amide bonds. The lowest BCUT2D eigenvalue weighted by Crippen LogP contribution is -2.38. The molecular formula is C21H36N2O. The van der Waals surface area contributed by atoms with Crippen molar-refractivity contribution in [3.8, 4) is 0 Å². The van der Waals surface area contributed by atoms with E-state index in [1.807, 2.05) is 30.3 Å². The summed E-state index contributed by atoms with van der Waals surface area (Å²) >= 11 is 0. The van der Waals surface area contributed by atoms with Crippen LogP contribution in [-0.2, 0) is 0 Å². The minimum absolute atomic E-state index is 0.136. The van der Waals surface area contributed by atoms with Crippen LogP contribution in [0.5, 0.6) is 0 Å². The van der Waals surface area contributed by atoms with E-state index in [0.29, 0.717) is 5.92 Å². The monoisotopic (exact) mass is 332 g/mol. The highest BCUT2D eigenvalue weighted by atomic mass is 16.3. The number of nitrogens with zero attached hydrogens (tertiary/aromatic N) is 1. The van der Waals surface area contributed by atoms with Gasteiger partial charge >= 0.3 is 0 Å². The molecule has 136 valence electrons. The minimum atomic E-state index is -0.424. The normalized spacial score (nSPS) is 19.2. The Morgan fingerprint density at radius 3 is 2.33 bits per heavy atom. The van der Waals surface area contributed by atoms with Gasteiger partial charge in [0.1, 0.15) is 0 Å². The number of aliphatic hydroxyl groups excluding tert-OH is 1. The van der Waals surface area contributed by atoms with Gasteiger partial charge in [0.25, 0.3) is 0 Å². The van der Waals surface area contributed by atoms with Crippen molar-refractivity contribution < 1.29 is 5.11 Å². The van der Waals surface area contributed by atoms with E-state index >= 15 is 0 Å². The molecule has 0 saturated carbocycles. The topological polar surface area (TPSA) is 35.5 Å². The lowest BCUT2D eigenvalue weighted by atomic mass is 9.94. The maximum Gasteiger partial charge on any atom is 0.0943 e. The third-order valence-corrected chi connectivity index (χ3v) is 5.00. The van der Waals surface area contributed by atoms with E-state index in [1.54, 1.807) is 0 Å². The Balaban J connectivity index is 1.78. The summed E-state index contributed by atoms with van der Waals surface area (Å²) < 4.78 is 0. The molecule has 2 N–H and O–H groups in total. The van der Waals surface area contributed by atoms with Gasteiger partial charge in [-0.05, 0) is 63.3 Å². The molecule has 3 nitrogen and oxygen atoms in total. The number of benzene rings is 1. The van der Waals surface area contributed by atoms with Gasteiger partial charge in [0, 0.05) is 6.04 Å². The van der Waals surface area contributed by atoms with E-state index in [2.05, 4.69) is 24.1 Å². The fourth-order valence-electron chi connectivity index (χ4n) is 3.66. The number of hydrogen-bond acceptors (Lipinski definition) is 3. The van der Waals surface area contributed by atoms with Crippen molar-refractivity contribution >= 4 is 0 Å². The van der Waals surface area contributed by atoms with E-state index in [9.17, 15) is 5.11 Å². The maximum absolute atomic E-state index is 10.7. The molecule has 1 aliphatic heterocycles. The first-order valence-corrected chi connectivity index (χ1v) is 9.85. The van der Waals surface area contributed by atoms with Gasteiger partial charge < -0.3 is 15.3 Å². The molecule has 1 aliphatic rings. The van der Waals surface area contributed by atoms with Crippen LogP contribution in [0.15, 0.2) is 30.3 Å². The average molecular weight is 333 g/mol. The van der Waals surface area contributed by atoms with Gasteiger partial charge in [-0.15, -0.1) is 0 Å². The SMILES string of the molecule is CC(C)CC(NCCCN1CCCCCC1)C(O)c1ccccc1. The van der Waals surface area contributed by atoms with E-state index in [4.69, 9.17) is 0 Å². The predicted octanol–water partition coefficient (Wildman–Crippen LogP) is 3.99. The quantitative estimate of drug-likeness (QED) is 0.671. The van der Waals surface area contributed by atoms with Gasteiger partial charge in [-0.1, -0.05) is 57.0 Å². The second-order valence-electron chi connectivity index (χ2n) is 7.66. The first-order chi connectivity index (χ1) is 11.7. The Bertz CT molecular complexity index is 427. The summed E-state index contributed by atoms with van der Waals surface area (Å²) in [6.45, 7) is 9.15. The number of aliphatic hydroxyl groups is 1. The molecule has 3 heteroatoms. The summed E-state index contributed by atoms with van der Waals surface area (Å²) in [5.74, 6) is 0.575. The van der Waals surface area contributed by atoms with Crippen molar-refractivity contribution in [3.63, 3.8) is 0 Å². The van der Waals surface area contributed by atoms with E-state index < -0.39 is 6.10 Å². The zero-order valence-electron chi connectivity index (χ0n) is 15.6. The van der Waals surface area contributed by atoms with Gasteiger partial charge in [-0.3, -0.25) is 0 Å². The van der Waals surface area contributed by atoms with E-state index in [-0.39, 0.29) is 6.04 Å². The molecule has 1 heterocycles. The molecule has 0 aromatic heterocycles. The van der Waals surface area contributed by atoms with Crippen LogP contribution in [0.1, 0.15) is 64.0 Å². The van der Waals surface area contributed by atoms with Crippen molar-refractivity contribution in [1.82, 2.24) is 10.2 Å². The van der Waals surface area contributed by atoms with Crippen molar-refractivity contribution in [1.29, 1.82) is 0 Å². The summed E-state index contributed by atoms with van der Waals surface area (Å²) in [6.07, 6.45) is 7.25. The van der Waals surface area contributed by atoms with Crippen molar-refractivity contribution in [2.24, 2.45) is 5.92 Å². The van der Waals surface area contributed by atoms with Gasteiger partial charge in [0.05, 0.1) is 6.10 Å². The smallest absolute Gasteiger partial charge is 0.0943 e. The van der Waals surface area contributed by atoms with Gasteiger partial charge in [-0.2, -0.15) is 0 Å². The summed E-state index contributed by atoms with van der Waals surface area (Å²) in [6, 6.07) is 10.2. The third kappa shape index (κ3) is 6.92. The molecule has 0 bridgehead atoms. The lowest BCUT2D eigenvalue weighted by molar-refractivity contribution is 0.116. The van der Waals surface area contributed by atoms with Crippen molar-refractivity contribution in [3.05, 3.63) is 35.9 Å². The Morgan fingerprint density at radius 2 is 1.71 bits per heavy atom. The summed E-state index contributed by atoms with van der Waals surface area (Å²) in [7, 11) is 0. The number of likely N-dealkylation sites (tertiary alicyclic amines) is 1. The van der Waals surface area contributed by atoms with Crippen LogP contribution < -0.4 is 5.32 Å². The van der Waals surface area contributed by atoms with Crippen LogP contribution in [0.4, 0.5) is 0 Å². The minimum Gasteiger partial charge on any atom is -0.387 e. The zero-order valence-corrected chi connectivity index (χ0v) is 15.6. The van der Waals surface area contributed by atoms with Crippen LogP contribution in [0.25, 0.3) is 0 Å². The lowest BCUT2D eigenvalue weighted by Gasteiger charge is -2.27. The molecule has 0 aliphatic carbocycles. The number of hydrogen-bond donors (Lipinski definition) is 2. The average Bonchev–Trinajstić information content (AvgIpc) is 2.86. The van der Waals surface area contributed by atoms with Gasteiger partial charge in [0.15, 0.2) is 0 Å². The molecule has 24 heavy (non-hydrogen) atoms. The molecule has 1 aromatic carbocycles. The first-order valence-electron chi connectivity index (χ1n) is 9.85. The molecule has 1 aromatic rings. The zero-order chi connectivity index (χ0) is 17.2. The number of nitrogens with one attached hydrogen (secondary N) is 1. The molecule has 0 radical (unpaired) electrons. The fourth-order valence-corrected chi connectivity index (χ4v) is 3.66. The van der Waals surface area contributed by atoms with Crippen molar-refractivity contribution in [2.75, 3.05) is 26.2 Å². The Labute approximate surface area is 148 Å². The Morgan fingerprint density at radius 1 is 1.04 bits per heavy atom. The Hall–Kier alpha value is -0.900. The summed E-state index contributed by atoms with van der Waals surface area (Å²) in [4.78, 5) is 2.61. The molecule has 1 saturated heterocycles. The van der Waals surface area contributed by atoms with Crippen LogP contribution in [0.3, 0.4) is 0 Å². The highest BCUT2D eigenvalue weighted by Crippen LogP contribution is 2.21. The highest BCUT2D eigenvalue weighted by molar-refractivity contribution is 5.18. The third-order valence-electron chi connectivity index (χ3n) is 5.00. The molecule has 0 spiro atoms. The van der Waals surface area contributed by atoms with Crippen LogP contribution in [-0.4, -0.2) is 42.2 Å². The van der Waals surface area contributed by atoms with Gasteiger partial charge in [-0.25, -0.2) is 0 Å². The van der Waals surface area contributed by atoms with Crippen molar-refractivity contribution in [2.45, 2.75) is 64.5 Å². The first kappa shape index (κ1) is 19.4. The predicted molar refractivity (Wildman–Crippen MR) is 102 cm³/mol. The highest BCUT2D eigenvalue weighted by Gasteiger charge is 2.21. The standard InChI is InChI=1S/C21H36N2O/c1-18(2)17-20(21(24)19-11-6-5-7-12-19)22-13-10-16-23-14-8-3-4-9-15-23/h5-7,11-12,18,20-22,24H,3-4,8-10,13-17H2,1-2H3. The second kappa shape index (κ2) is 10.9. The van der Waals surface area contributed by atoms with E-state index in [1.165, 1.54) is 45.3 Å². The van der Waals surface area contributed by atoms with Gasteiger partial charge in [0.2, 0.25) is 0 Å². The van der Waals surface area contributed by atoms with Crippen LogP contribution in [0.2, 0.25) is 0 Å². The fraction of sp³-hybridized carbons (Fsp3) is 0.714.